The van der Waals surface area contributed by atoms with Crippen LogP contribution in [0.2, 0.25) is 0 Å². The lowest BCUT2D eigenvalue weighted by molar-refractivity contribution is 0.320. The Bertz CT molecular complexity index is 682. The third kappa shape index (κ3) is 7.99. The summed E-state index contributed by atoms with van der Waals surface area (Å²) >= 11 is 0. The highest BCUT2D eigenvalue weighted by Crippen LogP contribution is 2.10. The molecule has 0 aliphatic carbocycles. The van der Waals surface area contributed by atoms with Gasteiger partial charge in [0.1, 0.15) is 18.2 Å². The minimum Gasteiger partial charge on any atom is -0.490 e. The van der Waals surface area contributed by atoms with Gasteiger partial charge in [-0.1, -0.05) is 6.07 Å². The van der Waals surface area contributed by atoms with Gasteiger partial charge in [0.05, 0.1) is 12.7 Å². The van der Waals surface area contributed by atoms with E-state index in [-0.39, 0.29) is 29.8 Å². The quantitative estimate of drug-likeness (QED) is 0.268. The van der Waals surface area contributed by atoms with Gasteiger partial charge in [-0.2, -0.15) is 0 Å². The van der Waals surface area contributed by atoms with Crippen LogP contribution in [0.4, 0.5) is 4.39 Å². The van der Waals surface area contributed by atoms with Gasteiger partial charge in [0.2, 0.25) is 0 Å². The number of aromatic nitrogens is 1. The molecule has 1 heterocycles. The summed E-state index contributed by atoms with van der Waals surface area (Å²) in [6.07, 6.45) is 4.17. The summed E-state index contributed by atoms with van der Waals surface area (Å²) in [5.41, 5.74) is 2.07. The second-order valence-corrected chi connectivity index (χ2v) is 5.55. The van der Waals surface area contributed by atoms with E-state index in [9.17, 15) is 4.39 Å². The summed E-state index contributed by atoms with van der Waals surface area (Å²) in [6, 6.07) is 8.58. The Balaban J connectivity index is 0.00000338. The first kappa shape index (κ1) is 22.1. The maximum Gasteiger partial charge on any atom is 0.191 e. The highest BCUT2D eigenvalue weighted by Gasteiger charge is 2.01. The van der Waals surface area contributed by atoms with Crippen molar-refractivity contribution in [3.8, 4) is 5.75 Å². The molecule has 2 N–H and O–H groups in total. The van der Waals surface area contributed by atoms with E-state index in [1.807, 2.05) is 32.0 Å². The molecule has 26 heavy (non-hydrogen) atoms. The van der Waals surface area contributed by atoms with Gasteiger partial charge in [0, 0.05) is 19.3 Å². The molecule has 2 rings (SSSR count). The first-order chi connectivity index (χ1) is 12.2. The zero-order valence-electron chi connectivity index (χ0n) is 15.2. The third-order valence-corrected chi connectivity index (χ3v) is 3.60. The molecule has 0 spiro atoms. The standard InChI is InChI=1S/C19H25FN4O.HI/c1-3-22-19(24-11-12-25-18-5-4-9-21-14-18)23-10-8-16-6-7-17(20)13-15(16)2;/h4-7,9,13-14H,3,8,10-12H2,1-2H3,(H2,22,23,24);1H. The molecular weight excluding hydrogens is 446 g/mol. The lowest BCUT2D eigenvalue weighted by Gasteiger charge is -2.12. The van der Waals surface area contributed by atoms with Crippen molar-refractivity contribution >= 4 is 29.9 Å². The minimum atomic E-state index is -0.201. The van der Waals surface area contributed by atoms with Gasteiger partial charge >= 0.3 is 0 Å². The maximum absolute atomic E-state index is 13.1. The summed E-state index contributed by atoms with van der Waals surface area (Å²) in [5.74, 6) is 1.29. The Kier molecular flexibility index (Phi) is 10.6. The number of nitrogens with one attached hydrogen (secondary N) is 2. The van der Waals surface area contributed by atoms with Crippen molar-refractivity contribution < 1.29 is 9.13 Å². The number of guanidine groups is 1. The highest BCUT2D eigenvalue weighted by molar-refractivity contribution is 14.0. The number of nitrogens with zero attached hydrogens (tertiary/aromatic N) is 2. The second-order valence-electron chi connectivity index (χ2n) is 5.55. The zero-order valence-corrected chi connectivity index (χ0v) is 17.5. The fourth-order valence-corrected chi connectivity index (χ4v) is 2.34. The SMILES string of the molecule is CCNC(=NCCc1ccc(F)cc1C)NCCOc1cccnc1.I. The van der Waals surface area contributed by atoms with E-state index in [1.54, 1.807) is 18.5 Å². The lowest BCUT2D eigenvalue weighted by atomic mass is 10.1. The molecule has 0 fully saturated rings. The van der Waals surface area contributed by atoms with Gasteiger partial charge < -0.3 is 15.4 Å². The molecule has 5 nitrogen and oxygen atoms in total. The molecule has 142 valence electrons. The number of benzene rings is 1. The normalized spacial score (nSPS) is 10.8. The van der Waals surface area contributed by atoms with Crippen molar-refractivity contribution in [3.63, 3.8) is 0 Å². The summed E-state index contributed by atoms with van der Waals surface area (Å²) in [5, 5.41) is 6.44. The second kappa shape index (κ2) is 12.5. The average molecular weight is 472 g/mol. The first-order valence-electron chi connectivity index (χ1n) is 8.49. The number of halogens is 2. The van der Waals surface area contributed by atoms with Crippen LogP contribution in [-0.4, -0.2) is 37.2 Å². The van der Waals surface area contributed by atoms with Crippen molar-refractivity contribution in [2.45, 2.75) is 20.3 Å². The number of aryl methyl sites for hydroxylation is 1. The molecule has 0 aliphatic rings. The van der Waals surface area contributed by atoms with Gasteiger partial charge in [-0.25, -0.2) is 4.39 Å². The Labute approximate surface area is 171 Å². The van der Waals surface area contributed by atoms with Crippen LogP contribution in [0.1, 0.15) is 18.1 Å². The number of ether oxygens (including phenoxy) is 1. The molecule has 0 radical (unpaired) electrons. The minimum absolute atomic E-state index is 0. The van der Waals surface area contributed by atoms with Gasteiger partial charge in [0.25, 0.3) is 0 Å². The zero-order chi connectivity index (χ0) is 17.9. The fourth-order valence-electron chi connectivity index (χ4n) is 2.34. The molecule has 1 aromatic carbocycles. The highest BCUT2D eigenvalue weighted by atomic mass is 127. The summed E-state index contributed by atoms with van der Waals surface area (Å²) in [4.78, 5) is 8.55. The van der Waals surface area contributed by atoms with E-state index in [0.29, 0.717) is 19.7 Å². The van der Waals surface area contributed by atoms with Crippen molar-refractivity contribution in [1.29, 1.82) is 0 Å². The molecule has 0 atom stereocenters. The van der Waals surface area contributed by atoms with Crippen molar-refractivity contribution in [2.75, 3.05) is 26.2 Å². The topological polar surface area (TPSA) is 58.5 Å². The van der Waals surface area contributed by atoms with Crippen LogP contribution in [0.25, 0.3) is 0 Å². The first-order valence-corrected chi connectivity index (χ1v) is 8.49. The fraction of sp³-hybridized carbons (Fsp3) is 0.368. The third-order valence-electron chi connectivity index (χ3n) is 3.60. The molecule has 1 aromatic heterocycles. The summed E-state index contributed by atoms with van der Waals surface area (Å²) in [6.45, 7) is 6.51. The molecule has 2 aromatic rings. The lowest BCUT2D eigenvalue weighted by Crippen LogP contribution is -2.39. The van der Waals surface area contributed by atoms with Crippen LogP contribution in [0.3, 0.4) is 0 Å². The molecular formula is C19H26FIN4O. The van der Waals surface area contributed by atoms with Crippen LogP contribution >= 0.6 is 24.0 Å². The summed E-state index contributed by atoms with van der Waals surface area (Å²) in [7, 11) is 0. The maximum atomic E-state index is 13.1. The molecule has 0 saturated carbocycles. The largest absolute Gasteiger partial charge is 0.490 e. The monoisotopic (exact) mass is 472 g/mol. The Morgan fingerprint density at radius 3 is 2.81 bits per heavy atom. The molecule has 0 aliphatic heterocycles. The van der Waals surface area contributed by atoms with Gasteiger partial charge in [-0.3, -0.25) is 9.98 Å². The Morgan fingerprint density at radius 1 is 1.27 bits per heavy atom. The number of rotatable bonds is 8. The summed E-state index contributed by atoms with van der Waals surface area (Å²) < 4.78 is 18.7. The van der Waals surface area contributed by atoms with Crippen LogP contribution < -0.4 is 15.4 Å². The predicted molar refractivity (Wildman–Crippen MR) is 114 cm³/mol. The molecule has 7 heteroatoms. The number of pyridine rings is 1. The van der Waals surface area contributed by atoms with Crippen molar-refractivity contribution in [1.82, 2.24) is 15.6 Å². The molecule has 0 amide bonds. The Hall–Kier alpha value is -1.90. The molecule has 0 unspecified atom stereocenters. The number of hydrogen-bond acceptors (Lipinski definition) is 3. The van der Waals surface area contributed by atoms with Crippen LogP contribution in [0, 0.1) is 12.7 Å². The van der Waals surface area contributed by atoms with Crippen molar-refractivity contribution in [2.24, 2.45) is 4.99 Å². The number of aliphatic imine (C=N–C) groups is 1. The number of hydrogen-bond donors (Lipinski definition) is 2. The van der Waals surface area contributed by atoms with E-state index in [0.717, 1.165) is 35.8 Å². The van der Waals surface area contributed by atoms with Crippen LogP contribution in [-0.2, 0) is 6.42 Å². The van der Waals surface area contributed by atoms with Crippen molar-refractivity contribution in [3.05, 3.63) is 59.7 Å². The van der Waals surface area contributed by atoms with Crippen LogP contribution in [0.15, 0.2) is 47.7 Å². The van der Waals surface area contributed by atoms with E-state index >= 15 is 0 Å². The van der Waals surface area contributed by atoms with E-state index in [2.05, 4.69) is 20.6 Å². The smallest absolute Gasteiger partial charge is 0.191 e. The van der Waals surface area contributed by atoms with Gasteiger partial charge in [-0.15, -0.1) is 24.0 Å². The Morgan fingerprint density at radius 2 is 2.12 bits per heavy atom. The molecule has 0 saturated heterocycles. The predicted octanol–water partition coefficient (Wildman–Crippen LogP) is 3.32. The van der Waals surface area contributed by atoms with Gasteiger partial charge in [-0.05, 0) is 55.7 Å². The van der Waals surface area contributed by atoms with Gasteiger partial charge in [0.15, 0.2) is 5.96 Å². The van der Waals surface area contributed by atoms with E-state index < -0.39 is 0 Å². The van der Waals surface area contributed by atoms with Crippen LogP contribution in [0.5, 0.6) is 5.75 Å². The van der Waals surface area contributed by atoms with E-state index in [1.165, 1.54) is 6.07 Å². The molecule has 0 bridgehead atoms. The average Bonchev–Trinajstić information content (AvgIpc) is 2.61. The van der Waals surface area contributed by atoms with E-state index in [4.69, 9.17) is 4.74 Å².